The number of nitrogens with zero attached hydrogens (tertiary/aromatic N) is 1. The van der Waals surface area contributed by atoms with E-state index in [2.05, 4.69) is 17.9 Å². The fraction of sp³-hybridized carbons (Fsp3) is 0.556. The van der Waals surface area contributed by atoms with Crippen molar-refractivity contribution in [1.29, 1.82) is 0 Å². The highest BCUT2D eigenvalue weighted by Gasteiger charge is 2.30. The zero-order valence-electron chi connectivity index (χ0n) is 9.90. The second-order valence-electron chi connectivity index (χ2n) is 3.38. The minimum absolute atomic E-state index is 0.387. The Morgan fingerprint density at radius 2 is 1.89 bits per heavy atom. The average Bonchev–Trinajstić information content (AvgIpc) is 2.39. The molecule has 108 valence electrons. The Hall–Kier alpha value is -1.65. The number of carbonyl (C=O) groups is 4. The number of carbonyl (C=O) groups excluding carboxylic acids is 3. The largest absolute Gasteiger partial charge is 0.480 e. The van der Waals surface area contributed by atoms with Crippen LogP contribution in [0.5, 0.6) is 0 Å². The van der Waals surface area contributed by atoms with Crippen molar-refractivity contribution in [3.63, 3.8) is 0 Å². The van der Waals surface area contributed by atoms with E-state index in [-0.39, 0.29) is 5.75 Å². The summed E-state index contributed by atoms with van der Waals surface area (Å²) in [5.41, 5.74) is 5.03. The molecule has 10 heteroatoms. The molecule has 1 unspecified atom stereocenters. The lowest BCUT2D eigenvalue weighted by Gasteiger charge is -2.23. The minimum Gasteiger partial charge on any atom is -0.480 e. The molecule has 0 rings (SSSR count). The maximum absolute atomic E-state index is 11.9. The Labute approximate surface area is 114 Å². The van der Waals surface area contributed by atoms with Crippen molar-refractivity contribution in [2.75, 3.05) is 25.4 Å². The summed E-state index contributed by atoms with van der Waals surface area (Å²) < 4.78 is 0. The molecule has 0 spiro atoms. The van der Waals surface area contributed by atoms with Gasteiger partial charge in [0.05, 0.1) is 18.9 Å². The normalized spacial score (nSPS) is 11.5. The number of aliphatic hydroxyl groups excluding tert-OH is 1. The third-order valence-corrected chi connectivity index (χ3v) is 2.27. The van der Waals surface area contributed by atoms with Crippen molar-refractivity contribution < 1.29 is 29.4 Å². The number of carboxylic acids is 1. The molecular formula is C9H15N3O6S. The number of amides is 3. The lowest BCUT2D eigenvalue weighted by molar-refractivity contribution is -0.153. The highest BCUT2D eigenvalue weighted by Crippen LogP contribution is 1.99. The van der Waals surface area contributed by atoms with Crippen LogP contribution in [0.3, 0.4) is 0 Å². The number of nitrogens with two attached hydrogens (primary N) is 1. The molecule has 1 atom stereocenters. The van der Waals surface area contributed by atoms with E-state index in [1.807, 2.05) is 0 Å². The van der Waals surface area contributed by atoms with Gasteiger partial charge in [0, 0.05) is 0 Å². The Kier molecular flexibility index (Phi) is 7.72. The summed E-state index contributed by atoms with van der Waals surface area (Å²) in [5, 5.41) is 19.7. The molecule has 0 saturated heterocycles. The van der Waals surface area contributed by atoms with E-state index >= 15 is 0 Å². The number of imide groups is 1. The van der Waals surface area contributed by atoms with E-state index < -0.39 is 49.4 Å². The van der Waals surface area contributed by atoms with Gasteiger partial charge < -0.3 is 21.3 Å². The first-order valence-electron chi connectivity index (χ1n) is 5.14. The number of hydrogen-bond donors (Lipinski definition) is 5. The van der Waals surface area contributed by atoms with Crippen molar-refractivity contribution in [3.05, 3.63) is 0 Å². The summed E-state index contributed by atoms with van der Waals surface area (Å²) in [4.78, 5) is 45.3. The predicted molar refractivity (Wildman–Crippen MR) is 66.3 cm³/mol. The van der Waals surface area contributed by atoms with Gasteiger partial charge in [-0.2, -0.15) is 12.6 Å². The summed E-state index contributed by atoms with van der Waals surface area (Å²) >= 11 is 3.65. The number of hydrogen-bond acceptors (Lipinski definition) is 7. The van der Waals surface area contributed by atoms with Crippen molar-refractivity contribution >= 4 is 36.3 Å². The first-order chi connectivity index (χ1) is 8.87. The van der Waals surface area contributed by atoms with Crippen LogP contribution in [0.25, 0.3) is 0 Å². The maximum atomic E-state index is 11.9. The Balaban J connectivity index is 4.97. The van der Waals surface area contributed by atoms with Gasteiger partial charge in [0.2, 0.25) is 11.8 Å². The molecule has 0 aliphatic rings. The average molecular weight is 293 g/mol. The van der Waals surface area contributed by atoms with Crippen LogP contribution < -0.4 is 11.1 Å². The molecule has 0 aromatic carbocycles. The number of aliphatic carboxylic acids is 1. The van der Waals surface area contributed by atoms with Crippen LogP contribution in [0.15, 0.2) is 0 Å². The number of nitrogens with one attached hydrogen (secondary N) is 1. The summed E-state index contributed by atoms with van der Waals surface area (Å²) in [6, 6.07) is -1.43. The molecule has 5 N–H and O–H groups in total. The first kappa shape index (κ1) is 17.4. The van der Waals surface area contributed by atoms with Crippen molar-refractivity contribution in [3.8, 4) is 0 Å². The summed E-state index contributed by atoms with van der Waals surface area (Å²) in [7, 11) is 0. The smallest absolute Gasteiger partial charge is 0.323 e. The van der Waals surface area contributed by atoms with Crippen LogP contribution in [-0.2, 0) is 19.2 Å². The summed E-state index contributed by atoms with van der Waals surface area (Å²) in [5.74, 6) is -4.41. The molecule has 0 aromatic heterocycles. The lowest BCUT2D eigenvalue weighted by Crippen LogP contribution is -2.54. The first-order valence-corrected chi connectivity index (χ1v) is 5.77. The number of aliphatic hydroxyl groups is 1. The molecule has 0 radical (unpaired) electrons. The Bertz CT molecular complexity index is 375. The van der Waals surface area contributed by atoms with Gasteiger partial charge in [-0.1, -0.05) is 0 Å². The van der Waals surface area contributed by atoms with Gasteiger partial charge in [-0.3, -0.25) is 24.1 Å². The van der Waals surface area contributed by atoms with E-state index in [1.165, 1.54) is 0 Å². The molecule has 0 aliphatic carbocycles. The zero-order valence-corrected chi connectivity index (χ0v) is 10.8. The van der Waals surface area contributed by atoms with Gasteiger partial charge in [0.25, 0.3) is 5.91 Å². The van der Waals surface area contributed by atoms with E-state index in [0.29, 0.717) is 4.90 Å². The van der Waals surface area contributed by atoms with Gasteiger partial charge >= 0.3 is 5.97 Å². The molecule has 0 saturated carbocycles. The SMILES string of the molecule is NCC(=O)NC(CO)C(=O)N(CC(=O)O)C(=O)CS. The quantitative estimate of drug-likeness (QED) is 0.310. The topological polar surface area (TPSA) is 150 Å². The van der Waals surface area contributed by atoms with E-state index in [9.17, 15) is 19.2 Å². The molecule has 9 nitrogen and oxygen atoms in total. The van der Waals surface area contributed by atoms with E-state index in [0.717, 1.165) is 0 Å². The van der Waals surface area contributed by atoms with Crippen LogP contribution in [0.1, 0.15) is 0 Å². The second-order valence-corrected chi connectivity index (χ2v) is 3.69. The van der Waals surface area contributed by atoms with Gasteiger partial charge in [-0.05, 0) is 0 Å². The third-order valence-electron chi connectivity index (χ3n) is 2.00. The van der Waals surface area contributed by atoms with Crippen LogP contribution in [0.4, 0.5) is 0 Å². The monoisotopic (exact) mass is 293 g/mol. The van der Waals surface area contributed by atoms with E-state index in [1.54, 1.807) is 0 Å². The molecule has 0 aliphatic heterocycles. The van der Waals surface area contributed by atoms with Crippen LogP contribution in [0, 0.1) is 0 Å². The highest BCUT2D eigenvalue weighted by molar-refractivity contribution is 7.81. The van der Waals surface area contributed by atoms with Gasteiger partial charge in [-0.15, -0.1) is 0 Å². The molecule has 3 amide bonds. The van der Waals surface area contributed by atoms with Crippen molar-refractivity contribution in [1.82, 2.24) is 10.2 Å². The minimum atomic E-state index is -1.43. The molecular weight excluding hydrogens is 278 g/mol. The Morgan fingerprint density at radius 1 is 1.32 bits per heavy atom. The number of rotatable bonds is 7. The van der Waals surface area contributed by atoms with Gasteiger partial charge in [-0.25, -0.2) is 0 Å². The molecule has 0 fully saturated rings. The standard InChI is InChI=1S/C9H15N3O6S/c10-1-6(14)11-5(3-13)9(18)12(2-8(16)17)7(15)4-19/h5,13,19H,1-4,10H2,(H,11,14)(H,16,17). The summed E-state index contributed by atoms with van der Waals surface area (Å²) in [6.07, 6.45) is 0. The van der Waals surface area contributed by atoms with Crippen LogP contribution in [0.2, 0.25) is 0 Å². The second kappa shape index (κ2) is 8.45. The van der Waals surface area contributed by atoms with E-state index in [4.69, 9.17) is 15.9 Å². The van der Waals surface area contributed by atoms with Crippen LogP contribution in [-0.4, -0.2) is 70.3 Å². The molecule has 0 aromatic rings. The van der Waals surface area contributed by atoms with Gasteiger partial charge in [0.15, 0.2) is 0 Å². The molecule has 19 heavy (non-hydrogen) atoms. The third kappa shape index (κ3) is 5.68. The highest BCUT2D eigenvalue weighted by atomic mass is 32.1. The maximum Gasteiger partial charge on any atom is 0.323 e. The summed E-state index contributed by atoms with van der Waals surface area (Å²) in [6.45, 7) is -2.09. The van der Waals surface area contributed by atoms with Crippen molar-refractivity contribution in [2.24, 2.45) is 5.73 Å². The van der Waals surface area contributed by atoms with Crippen LogP contribution >= 0.6 is 12.6 Å². The molecule has 0 heterocycles. The predicted octanol–water partition coefficient (Wildman–Crippen LogP) is -3.21. The molecule has 0 bridgehead atoms. The fourth-order valence-corrected chi connectivity index (χ4v) is 1.31. The van der Waals surface area contributed by atoms with Crippen molar-refractivity contribution in [2.45, 2.75) is 6.04 Å². The zero-order chi connectivity index (χ0) is 15.0. The fourth-order valence-electron chi connectivity index (χ4n) is 1.14. The lowest BCUT2D eigenvalue weighted by atomic mass is 10.2. The van der Waals surface area contributed by atoms with Gasteiger partial charge in [0.1, 0.15) is 12.6 Å². The Morgan fingerprint density at radius 3 is 2.26 bits per heavy atom. The number of carboxylic acid groups (broad SMARTS) is 1. The number of thiol groups is 1.